The van der Waals surface area contributed by atoms with Gasteiger partial charge in [0.15, 0.2) is 5.13 Å². The van der Waals surface area contributed by atoms with Crippen LogP contribution in [0.3, 0.4) is 0 Å². The number of thiazole rings is 1. The Balaban J connectivity index is 1.48. The fourth-order valence-corrected chi connectivity index (χ4v) is 6.46. The van der Waals surface area contributed by atoms with Crippen LogP contribution < -0.4 is 5.32 Å². The van der Waals surface area contributed by atoms with E-state index in [0.29, 0.717) is 10.6 Å². The lowest BCUT2D eigenvalue weighted by Gasteiger charge is -2.52. The average Bonchev–Trinajstić information content (AvgIpc) is 3.11. The lowest BCUT2D eigenvalue weighted by Crippen LogP contribution is -2.64. The first-order valence-electron chi connectivity index (χ1n) is 10.9. The van der Waals surface area contributed by atoms with Gasteiger partial charge in [0.05, 0.1) is 16.3 Å². The maximum absolute atomic E-state index is 13.5. The van der Waals surface area contributed by atoms with Crippen molar-refractivity contribution in [3.8, 4) is 5.75 Å². The van der Waals surface area contributed by atoms with Crippen LogP contribution in [0.25, 0.3) is 10.2 Å². The van der Waals surface area contributed by atoms with Gasteiger partial charge in [-0.05, 0) is 68.2 Å². The molecule has 1 aromatic heterocycles. The van der Waals surface area contributed by atoms with Crippen LogP contribution in [0.1, 0.15) is 30.9 Å². The highest BCUT2D eigenvalue weighted by atomic mass is 32.1. The van der Waals surface area contributed by atoms with Crippen molar-refractivity contribution in [3.05, 3.63) is 53.3 Å². The largest absolute Gasteiger partial charge is 0.508 e. The lowest BCUT2D eigenvalue weighted by atomic mass is 9.68. The molecule has 2 aliphatic rings. The second kappa shape index (κ2) is 7.71. The zero-order valence-electron chi connectivity index (χ0n) is 18.4. The van der Waals surface area contributed by atoms with Gasteiger partial charge in [-0.3, -0.25) is 5.32 Å². The van der Waals surface area contributed by atoms with E-state index in [1.807, 2.05) is 19.2 Å². The Morgan fingerprint density at radius 2 is 2.16 bits per heavy atom. The van der Waals surface area contributed by atoms with Crippen molar-refractivity contribution in [3.63, 3.8) is 0 Å². The van der Waals surface area contributed by atoms with Gasteiger partial charge < -0.3 is 14.9 Å². The summed E-state index contributed by atoms with van der Waals surface area (Å²) in [5, 5.41) is 13.6. The summed E-state index contributed by atoms with van der Waals surface area (Å²) < 4.78 is 14.4. The molecule has 1 fully saturated rings. The van der Waals surface area contributed by atoms with Gasteiger partial charge in [0, 0.05) is 24.6 Å². The molecule has 3 atom stereocenters. The van der Waals surface area contributed by atoms with Gasteiger partial charge in [0.25, 0.3) is 0 Å². The number of carbonyl (C=O) groups excluding carboxylic acids is 1. The molecule has 2 bridgehead atoms. The van der Waals surface area contributed by atoms with Crippen molar-refractivity contribution >= 4 is 32.7 Å². The number of aryl methyl sites for hydroxylation is 1. The van der Waals surface area contributed by atoms with E-state index in [2.05, 4.69) is 29.2 Å². The number of likely N-dealkylation sites (N-methyl/N-ethyl adjacent to an activating group) is 2. The van der Waals surface area contributed by atoms with Crippen molar-refractivity contribution in [1.29, 1.82) is 0 Å². The van der Waals surface area contributed by atoms with Crippen LogP contribution in [0.2, 0.25) is 0 Å². The van der Waals surface area contributed by atoms with Crippen LogP contribution in [0.4, 0.5) is 14.3 Å². The molecule has 0 saturated carbocycles. The number of hydrogen-bond donors (Lipinski definition) is 2. The molecular weight excluding hydrogens is 427 g/mol. The molecule has 5 rings (SSSR count). The van der Waals surface area contributed by atoms with Crippen LogP contribution in [-0.2, 0) is 11.8 Å². The standard InChI is InChI=1S/C24H27FN4O2S/c1-24-10-11-28(2)19(8-5-14-4-7-16(30)13-17(14)24)21(24)29(3)23(31)27-22-26-18-12-15(25)6-9-20(18)32-22/h4,6-7,9,12-13,19,21,30H,5,8,10-11H2,1-3H3,(H,26,27,31). The second-order valence-electron chi connectivity index (χ2n) is 9.21. The fraction of sp³-hybridized carbons (Fsp3) is 0.417. The van der Waals surface area contributed by atoms with Crippen molar-refractivity contribution in [2.75, 3.05) is 26.0 Å². The van der Waals surface area contributed by atoms with Crippen LogP contribution in [0.15, 0.2) is 36.4 Å². The molecule has 2 N–H and O–H groups in total. The summed E-state index contributed by atoms with van der Waals surface area (Å²) in [6.07, 6.45) is 2.74. The Kier molecular flexibility index (Phi) is 5.09. The van der Waals surface area contributed by atoms with Crippen LogP contribution in [0.5, 0.6) is 5.75 Å². The maximum atomic E-state index is 13.5. The average molecular weight is 455 g/mol. The molecule has 8 heteroatoms. The summed E-state index contributed by atoms with van der Waals surface area (Å²) in [5.74, 6) is -0.0862. The number of likely N-dealkylation sites (tertiary alicyclic amines) is 1. The van der Waals surface area contributed by atoms with E-state index in [-0.39, 0.29) is 35.1 Å². The molecule has 2 amide bonds. The molecule has 3 unspecified atom stereocenters. The Morgan fingerprint density at radius 3 is 2.97 bits per heavy atom. The third kappa shape index (κ3) is 3.42. The summed E-state index contributed by atoms with van der Waals surface area (Å²) in [6, 6.07) is 10.00. The highest BCUT2D eigenvalue weighted by molar-refractivity contribution is 7.22. The van der Waals surface area contributed by atoms with Crippen molar-refractivity contribution in [2.24, 2.45) is 0 Å². The molecule has 168 valence electrons. The summed E-state index contributed by atoms with van der Waals surface area (Å²) >= 11 is 1.33. The molecular formula is C24H27FN4O2S. The molecule has 1 aliphatic heterocycles. The van der Waals surface area contributed by atoms with Gasteiger partial charge in [0.2, 0.25) is 0 Å². The number of urea groups is 1. The fourth-order valence-electron chi connectivity index (χ4n) is 5.62. The summed E-state index contributed by atoms with van der Waals surface area (Å²) in [6.45, 7) is 3.15. The minimum absolute atomic E-state index is 0.0730. The Hall–Kier alpha value is -2.71. The molecule has 6 nitrogen and oxygen atoms in total. The molecule has 2 aromatic carbocycles. The number of rotatable bonds is 2. The van der Waals surface area contributed by atoms with Gasteiger partial charge in [-0.1, -0.05) is 24.3 Å². The summed E-state index contributed by atoms with van der Waals surface area (Å²) in [7, 11) is 3.96. The Labute approximate surface area is 190 Å². The number of nitrogens with one attached hydrogen (secondary N) is 1. The smallest absolute Gasteiger partial charge is 0.323 e. The molecule has 1 saturated heterocycles. The number of fused-ring (bicyclic) bond motifs is 5. The van der Waals surface area contributed by atoms with Gasteiger partial charge in [0.1, 0.15) is 11.6 Å². The van der Waals surface area contributed by atoms with Gasteiger partial charge in [-0.2, -0.15) is 0 Å². The number of amides is 2. The number of carbonyl (C=O) groups is 1. The predicted octanol–water partition coefficient (Wildman–Crippen LogP) is 4.58. The molecule has 32 heavy (non-hydrogen) atoms. The minimum Gasteiger partial charge on any atom is -0.508 e. The quantitative estimate of drug-likeness (QED) is 0.595. The Bertz CT molecular complexity index is 1200. The SMILES string of the molecule is CN1CCC2(C)c3cc(O)ccc3CCC1C2N(C)C(=O)Nc1nc2cc(F)ccc2s1. The number of anilines is 1. The van der Waals surface area contributed by atoms with Gasteiger partial charge in [-0.15, -0.1) is 0 Å². The lowest BCUT2D eigenvalue weighted by molar-refractivity contribution is 0.0321. The number of nitrogens with zero attached hydrogens (tertiary/aromatic N) is 3. The number of phenolic OH excluding ortho intramolecular Hbond substituents is 1. The van der Waals surface area contributed by atoms with E-state index >= 15 is 0 Å². The van der Waals surface area contributed by atoms with Crippen molar-refractivity contribution in [1.82, 2.24) is 14.8 Å². The topological polar surface area (TPSA) is 68.7 Å². The van der Waals surface area contributed by atoms with Gasteiger partial charge >= 0.3 is 6.03 Å². The van der Waals surface area contributed by atoms with Crippen LogP contribution >= 0.6 is 11.3 Å². The zero-order chi connectivity index (χ0) is 22.6. The Morgan fingerprint density at radius 1 is 1.34 bits per heavy atom. The minimum atomic E-state index is -0.345. The van der Waals surface area contributed by atoms with E-state index in [9.17, 15) is 14.3 Å². The number of aromatic nitrogens is 1. The van der Waals surface area contributed by atoms with E-state index < -0.39 is 0 Å². The highest BCUT2D eigenvalue weighted by Crippen LogP contribution is 2.46. The number of phenols is 1. The maximum Gasteiger partial charge on any atom is 0.323 e. The highest BCUT2D eigenvalue weighted by Gasteiger charge is 2.51. The predicted molar refractivity (Wildman–Crippen MR) is 125 cm³/mol. The van der Waals surface area contributed by atoms with Crippen molar-refractivity contribution < 1.29 is 14.3 Å². The summed E-state index contributed by atoms with van der Waals surface area (Å²) in [5.41, 5.74) is 2.63. The number of aromatic hydroxyl groups is 1. The number of hydrogen-bond acceptors (Lipinski definition) is 5. The van der Waals surface area contributed by atoms with E-state index in [1.54, 1.807) is 17.0 Å². The number of benzene rings is 2. The second-order valence-corrected chi connectivity index (χ2v) is 10.2. The zero-order valence-corrected chi connectivity index (χ0v) is 19.2. The first kappa shape index (κ1) is 21.2. The first-order valence-corrected chi connectivity index (χ1v) is 11.7. The van der Waals surface area contributed by atoms with E-state index in [4.69, 9.17) is 0 Å². The number of halogens is 1. The van der Waals surface area contributed by atoms with E-state index in [1.165, 1.54) is 29.0 Å². The van der Waals surface area contributed by atoms with Crippen LogP contribution in [-0.4, -0.2) is 58.6 Å². The van der Waals surface area contributed by atoms with Crippen molar-refractivity contribution in [2.45, 2.75) is 43.7 Å². The van der Waals surface area contributed by atoms with Crippen LogP contribution in [0, 0.1) is 5.82 Å². The third-order valence-electron chi connectivity index (χ3n) is 7.29. The number of piperidine rings is 1. The normalized spacial score (nSPS) is 25.2. The molecule has 3 aromatic rings. The molecule has 0 spiro atoms. The van der Waals surface area contributed by atoms with E-state index in [0.717, 1.165) is 36.1 Å². The monoisotopic (exact) mass is 454 g/mol. The molecule has 2 heterocycles. The first-order chi connectivity index (χ1) is 15.3. The molecule has 0 radical (unpaired) electrons. The third-order valence-corrected chi connectivity index (χ3v) is 8.24. The van der Waals surface area contributed by atoms with Gasteiger partial charge in [-0.25, -0.2) is 14.2 Å². The summed E-state index contributed by atoms with van der Waals surface area (Å²) in [4.78, 5) is 21.9. The molecule has 1 aliphatic carbocycles.